The van der Waals surface area contributed by atoms with E-state index in [4.69, 9.17) is 0 Å². The van der Waals surface area contributed by atoms with Crippen LogP contribution >= 0.6 is 11.3 Å². The topological polar surface area (TPSA) is 97.2 Å². The van der Waals surface area contributed by atoms with E-state index < -0.39 is 10.0 Å². The van der Waals surface area contributed by atoms with E-state index in [0.29, 0.717) is 21.3 Å². The Morgan fingerprint density at radius 1 is 1.20 bits per heavy atom. The Kier molecular flexibility index (Phi) is 5.37. The van der Waals surface area contributed by atoms with Crippen molar-refractivity contribution in [3.05, 3.63) is 46.7 Å². The van der Waals surface area contributed by atoms with Gasteiger partial charge in [-0.25, -0.2) is 18.4 Å². The van der Waals surface area contributed by atoms with Crippen molar-refractivity contribution < 1.29 is 13.2 Å². The molecular formula is C20H23N5O3S2. The second kappa shape index (κ2) is 7.84. The van der Waals surface area contributed by atoms with E-state index >= 15 is 0 Å². The Morgan fingerprint density at radius 2 is 1.93 bits per heavy atom. The van der Waals surface area contributed by atoms with Crippen LogP contribution in [0.3, 0.4) is 0 Å². The predicted molar refractivity (Wildman–Crippen MR) is 116 cm³/mol. The Bertz CT molecular complexity index is 1210. The van der Waals surface area contributed by atoms with Gasteiger partial charge in [0.05, 0.1) is 11.4 Å². The van der Waals surface area contributed by atoms with E-state index in [9.17, 15) is 13.2 Å². The van der Waals surface area contributed by atoms with Gasteiger partial charge in [0.15, 0.2) is 0 Å². The highest BCUT2D eigenvalue weighted by molar-refractivity contribution is 7.92. The first-order valence-electron chi connectivity index (χ1n) is 9.63. The average Bonchev–Trinajstić information content (AvgIpc) is 3.40. The zero-order valence-corrected chi connectivity index (χ0v) is 18.7. The van der Waals surface area contributed by atoms with Gasteiger partial charge < -0.3 is 9.47 Å². The number of carbonyl (C=O) groups is 1. The molecule has 0 unspecified atom stereocenters. The van der Waals surface area contributed by atoms with E-state index in [1.807, 2.05) is 18.7 Å². The number of pyridine rings is 1. The number of anilines is 1. The lowest BCUT2D eigenvalue weighted by Crippen LogP contribution is -2.27. The molecule has 0 saturated carbocycles. The molecule has 0 atom stereocenters. The smallest absolute Gasteiger partial charge is 0.265 e. The lowest BCUT2D eigenvalue weighted by molar-refractivity contribution is 0.0796. The van der Waals surface area contributed by atoms with Crippen molar-refractivity contribution >= 4 is 33.1 Å². The summed E-state index contributed by atoms with van der Waals surface area (Å²) in [7, 11) is -2.04. The molecule has 3 aromatic heterocycles. The average molecular weight is 446 g/mol. The molecule has 8 nitrogen and oxygen atoms in total. The Hall–Kier alpha value is -2.72. The first-order valence-corrected chi connectivity index (χ1v) is 11.9. The van der Waals surface area contributed by atoms with Gasteiger partial charge in [0.2, 0.25) is 0 Å². The third kappa shape index (κ3) is 3.97. The van der Waals surface area contributed by atoms with Gasteiger partial charge in [0.1, 0.15) is 20.6 Å². The highest BCUT2D eigenvalue weighted by Gasteiger charge is 2.26. The number of aromatic nitrogens is 3. The monoisotopic (exact) mass is 445 g/mol. The van der Waals surface area contributed by atoms with Gasteiger partial charge >= 0.3 is 0 Å². The van der Waals surface area contributed by atoms with Gasteiger partial charge in [0, 0.05) is 32.5 Å². The molecule has 3 aromatic rings. The number of sulfonamides is 1. The third-order valence-corrected chi connectivity index (χ3v) is 7.54. The quantitative estimate of drug-likeness (QED) is 0.650. The van der Waals surface area contributed by atoms with Crippen LogP contribution in [0.4, 0.5) is 5.82 Å². The normalized spacial score (nSPS) is 14.3. The Balaban J connectivity index is 1.63. The van der Waals surface area contributed by atoms with E-state index in [2.05, 4.69) is 14.7 Å². The molecule has 0 aromatic carbocycles. The molecule has 4 rings (SSSR count). The van der Waals surface area contributed by atoms with Crippen LogP contribution < -0.4 is 4.72 Å². The molecule has 10 heteroatoms. The number of aryl methyl sites for hydroxylation is 3. The number of carbonyl (C=O) groups excluding carboxylic acids is 1. The van der Waals surface area contributed by atoms with E-state index in [-0.39, 0.29) is 16.6 Å². The summed E-state index contributed by atoms with van der Waals surface area (Å²) < 4.78 is 29.9. The van der Waals surface area contributed by atoms with Crippen molar-refractivity contribution in [2.45, 2.75) is 31.6 Å². The minimum absolute atomic E-state index is 0.00277. The number of amides is 1. The lowest BCUT2D eigenvalue weighted by Gasteiger charge is -2.13. The van der Waals surface area contributed by atoms with E-state index in [0.717, 1.165) is 31.5 Å². The standard InChI is InChI=1S/C20H23N5O3S2/c1-13-6-7-21-17(10-13)23-30(27,28)15-11-16(24(3)12-15)19-22-14(2)18(29-19)20(26)25-8-4-5-9-25/h6-7,10-12H,4-5,8-9H2,1-3H3,(H,21,23). The van der Waals surface area contributed by atoms with Crippen LogP contribution in [-0.4, -0.2) is 46.8 Å². The number of hydrogen-bond acceptors (Lipinski definition) is 6. The number of hydrogen-bond donors (Lipinski definition) is 1. The zero-order valence-electron chi connectivity index (χ0n) is 17.0. The maximum Gasteiger partial charge on any atom is 0.265 e. The van der Waals surface area contributed by atoms with Gasteiger partial charge in [-0.3, -0.25) is 9.52 Å². The summed E-state index contributed by atoms with van der Waals surface area (Å²) in [6.07, 6.45) is 5.14. The molecule has 1 aliphatic heterocycles. The molecule has 158 valence electrons. The largest absolute Gasteiger partial charge is 0.347 e. The second-order valence-corrected chi connectivity index (χ2v) is 10.1. The number of nitrogens with one attached hydrogen (secondary N) is 1. The lowest BCUT2D eigenvalue weighted by atomic mass is 10.3. The van der Waals surface area contributed by atoms with Gasteiger partial charge in [-0.1, -0.05) is 0 Å². The van der Waals surface area contributed by atoms with Crippen molar-refractivity contribution in [1.29, 1.82) is 0 Å². The zero-order chi connectivity index (χ0) is 21.5. The van der Waals surface area contributed by atoms with Crippen molar-refractivity contribution in [2.24, 2.45) is 7.05 Å². The van der Waals surface area contributed by atoms with Crippen molar-refractivity contribution in [3.63, 3.8) is 0 Å². The molecule has 1 aliphatic rings. The Labute approximate surface area is 179 Å². The number of nitrogens with zero attached hydrogens (tertiary/aromatic N) is 4. The molecule has 1 fully saturated rings. The molecular weight excluding hydrogens is 422 g/mol. The summed E-state index contributed by atoms with van der Waals surface area (Å²) in [5, 5.41) is 0.618. The molecule has 1 amide bonds. The van der Waals surface area contributed by atoms with Crippen molar-refractivity contribution in [1.82, 2.24) is 19.4 Å². The fraction of sp³-hybridized carbons (Fsp3) is 0.350. The van der Waals surface area contributed by atoms with E-state index in [1.54, 1.807) is 36.0 Å². The summed E-state index contributed by atoms with van der Waals surface area (Å²) in [5.41, 5.74) is 2.21. The summed E-state index contributed by atoms with van der Waals surface area (Å²) in [6.45, 7) is 5.23. The van der Waals surface area contributed by atoms with Gasteiger partial charge in [-0.15, -0.1) is 11.3 Å². The highest BCUT2D eigenvalue weighted by atomic mass is 32.2. The van der Waals surface area contributed by atoms with Crippen LogP contribution in [0.2, 0.25) is 0 Å². The van der Waals surface area contributed by atoms with Gasteiger partial charge in [-0.05, 0) is 50.5 Å². The number of rotatable bonds is 5. The fourth-order valence-corrected chi connectivity index (χ4v) is 5.61. The van der Waals surface area contributed by atoms with Crippen LogP contribution in [-0.2, 0) is 17.1 Å². The number of likely N-dealkylation sites (tertiary alicyclic amines) is 1. The van der Waals surface area contributed by atoms with Crippen LogP contribution in [0, 0.1) is 13.8 Å². The van der Waals surface area contributed by atoms with Crippen LogP contribution in [0.1, 0.15) is 33.8 Å². The maximum atomic E-state index is 12.8. The first-order chi connectivity index (χ1) is 14.2. The molecule has 1 N–H and O–H groups in total. The van der Waals surface area contributed by atoms with Crippen LogP contribution in [0.5, 0.6) is 0 Å². The second-order valence-electron chi connectivity index (χ2n) is 7.43. The molecule has 4 heterocycles. The van der Waals surface area contributed by atoms with E-state index in [1.165, 1.54) is 17.5 Å². The summed E-state index contributed by atoms with van der Waals surface area (Å²) >= 11 is 1.30. The Morgan fingerprint density at radius 3 is 2.63 bits per heavy atom. The van der Waals surface area contributed by atoms with Crippen molar-refractivity contribution in [3.8, 4) is 10.7 Å². The molecule has 30 heavy (non-hydrogen) atoms. The third-order valence-electron chi connectivity index (χ3n) is 5.05. The molecule has 0 aliphatic carbocycles. The maximum absolute atomic E-state index is 12.8. The van der Waals surface area contributed by atoms with Gasteiger partial charge in [0.25, 0.3) is 15.9 Å². The van der Waals surface area contributed by atoms with Crippen LogP contribution in [0.15, 0.2) is 35.5 Å². The molecule has 0 bridgehead atoms. The SMILES string of the molecule is Cc1ccnc(NS(=O)(=O)c2cc(-c3nc(C)c(C(=O)N4CCCC4)s3)n(C)c2)c1. The van der Waals surface area contributed by atoms with Gasteiger partial charge in [-0.2, -0.15) is 0 Å². The molecule has 0 spiro atoms. The fourth-order valence-electron chi connectivity index (χ4n) is 3.45. The predicted octanol–water partition coefficient (Wildman–Crippen LogP) is 3.20. The first kappa shape index (κ1) is 20.5. The molecule has 1 saturated heterocycles. The molecule has 0 radical (unpaired) electrons. The summed E-state index contributed by atoms with van der Waals surface area (Å²) in [5.74, 6) is 0.270. The minimum atomic E-state index is -3.80. The minimum Gasteiger partial charge on any atom is -0.347 e. The van der Waals surface area contributed by atoms with Crippen LogP contribution in [0.25, 0.3) is 10.7 Å². The highest BCUT2D eigenvalue weighted by Crippen LogP contribution is 2.32. The van der Waals surface area contributed by atoms with Crippen molar-refractivity contribution in [2.75, 3.05) is 17.8 Å². The number of thiazole rings is 1. The summed E-state index contributed by atoms with van der Waals surface area (Å²) in [6, 6.07) is 5.03. The summed E-state index contributed by atoms with van der Waals surface area (Å²) in [4.78, 5) is 24.0.